The van der Waals surface area contributed by atoms with Gasteiger partial charge < -0.3 is 10.1 Å². The van der Waals surface area contributed by atoms with Crippen LogP contribution in [0.1, 0.15) is 24.6 Å². The summed E-state index contributed by atoms with van der Waals surface area (Å²) in [5, 5.41) is 3.30. The third kappa shape index (κ3) is 4.63. The molecule has 0 spiro atoms. The lowest BCUT2D eigenvalue weighted by molar-refractivity contribution is 0.304. The van der Waals surface area contributed by atoms with Gasteiger partial charge in [-0.2, -0.15) is 0 Å². The molecule has 0 amide bonds. The van der Waals surface area contributed by atoms with Gasteiger partial charge in [0.1, 0.15) is 18.2 Å². The molecular formula is C16H19FN2O. The molecule has 0 radical (unpaired) electrons. The van der Waals surface area contributed by atoms with E-state index in [4.69, 9.17) is 4.74 Å². The molecule has 0 saturated heterocycles. The predicted octanol–water partition coefficient (Wildman–Crippen LogP) is 3.30. The molecule has 20 heavy (non-hydrogen) atoms. The van der Waals surface area contributed by atoms with Crippen molar-refractivity contribution < 1.29 is 9.13 Å². The number of hydrogen-bond acceptors (Lipinski definition) is 3. The molecule has 0 aliphatic carbocycles. The lowest BCUT2D eigenvalue weighted by Crippen LogP contribution is -2.14. The number of ether oxygens (including phenoxy) is 1. The molecule has 2 aromatic rings. The Kier molecular flexibility index (Phi) is 5.50. The number of rotatable bonds is 7. The SMILES string of the molecule is CCCNCc1ccc(OCc2ccc(F)cc2)cn1. The summed E-state index contributed by atoms with van der Waals surface area (Å²) in [4.78, 5) is 4.33. The van der Waals surface area contributed by atoms with Crippen molar-refractivity contribution in [1.82, 2.24) is 10.3 Å². The van der Waals surface area contributed by atoms with Crippen molar-refractivity contribution in [1.29, 1.82) is 0 Å². The highest BCUT2D eigenvalue weighted by molar-refractivity contribution is 5.21. The first-order valence-electron chi connectivity index (χ1n) is 6.81. The minimum Gasteiger partial charge on any atom is -0.487 e. The van der Waals surface area contributed by atoms with Crippen molar-refractivity contribution in [2.75, 3.05) is 6.54 Å². The number of aromatic nitrogens is 1. The van der Waals surface area contributed by atoms with Crippen molar-refractivity contribution in [3.8, 4) is 5.75 Å². The summed E-state index contributed by atoms with van der Waals surface area (Å²) < 4.78 is 18.4. The summed E-state index contributed by atoms with van der Waals surface area (Å²) in [7, 11) is 0. The standard InChI is InChI=1S/C16H19FN2O/c1-2-9-18-10-15-7-8-16(11-19-15)20-12-13-3-5-14(17)6-4-13/h3-8,11,18H,2,9-10,12H2,1H3. The average molecular weight is 274 g/mol. The van der Waals surface area contributed by atoms with Gasteiger partial charge in [-0.3, -0.25) is 4.98 Å². The first-order valence-corrected chi connectivity index (χ1v) is 6.81. The predicted molar refractivity (Wildman–Crippen MR) is 77.0 cm³/mol. The second-order valence-electron chi connectivity index (χ2n) is 4.58. The topological polar surface area (TPSA) is 34.1 Å². The van der Waals surface area contributed by atoms with Gasteiger partial charge in [0.15, 0.2) is 0 Å². The monoisotopic (exact) mass is 274 g/mol. The number of halogens is 1. The van der Waals surface area contributed by atoms with E-state index in [9.17, 15) is 4.39 Å². The quantitative estimate of drug-likeness (QED) is 0.787. The zero-order chi connectivity index (χ0) is 14.2. The van der Waals surface area contributed by atoms with E-state index in [0.717, 1.165) is 30.8 Å². The number of hydrogen-bond donors (Lipinski definition) is 1. The van der Waals surface area contributed by atoms with Crippen molar-refractivity contribution in [2.24, 2.45) is 0 Å². The third-order valence-corrected chi connectivity index (χ3v) is 2.85. The fraction of sp³-hybridized carbons (Fsp3) is 0.312. The maximum atomic E-state index is 12.8. The number of nitrogens with zero attached hydrogens (tertiary/aromatic N) is 1. The lowest BCUT2D eigenvalue weighted by atomic mass is 10.2. The Morgan fingerprint density at radius 3 is 2.60 bits per heavy atom. The second kappa shape index (κ2) is 7.60. The Morgan fingerprint density at radius 2 is 1.95 bits per heavy atom. The highest BCUT2D eigenvalue weighted by Gasteiger charge is 1.99. The van der Waals surface area contributed by atoms with Crippen LogP contribution in [0.3, 0.4) is 0 Å². The molecule has 106 valence electrons. The first kappa shape index (κ1) is 14.5. The molecular weight excluding hydrogens is 255 g/mol. The molecule has 0 atom stereocenters. The maximum Gasteiger partial charge on any atom is 0.138 e. The number of pyridine rings is 1. The van der Waals surface area contributed by atoms with Gasteiger partial charge >= 0.3 is 0 Å². The minimum absolute atomic E-state index is 0.237. The van der Waals surface area contributed by atoms with Crippen LogP contribution in [0.15, 0.2) is 42.6 Å². The van der Waals surface area contributed by atoms with Crippen molar-refractivity contribution >= 4 is 0 Å². The zero-order valence-electron chi connectivity index (χ0n) is 11.6. The summed E-state index contributed by atoms with van der Waals surface area (Å²) in [6.45, 7) is 4.30. The van der Waals surface area contributed by atoms with E-state index < -0.39 is 0 Å². The van der Waals surface area contributed by atoms with Crippen molar-refractivity contribution in [3.05, 3.63) is 59.7 Å². The van der Waals surface area contributed by atoms with Crippen molar-refractivity contribution in [2.45, 2.75) is 26.5 Å². The summed E-state index contributed by atoms with van der Waals surface area (Å²) >= 11 is 0. The fourth-order valence-corrected chi connectivity index (χ4v) is 1.74. The largest absolute Gasteiger partial charge is 0.487 e. The van der Waals surface area contributed by atoms with Gasteiger partial charge in [-0.15, -0.1) is 0 Å². The van der Waals surface area contributed by atoms with E-state index in [-0.39, 0.29) is 5.82 Å². The fourth-order valence-electron chi connectivity index (χ4n) is 1.74. The molecule has 3 nitrogen and oxygen atoms in total. The summed E-state index contributed by atoms with van der Waals surface area (Å²) in [5.74, 6) is 0.480. The minimum atomic E-state index is -0.237. The summed E-state index contributed by atoms with van der Waals surface area (Å²) in [6, 6.07) is 10.1. The third-order valence-electron chi connectivity index (χ3n) is 2.85. The normalized spacial score (nSPS) is 10.5. The van der Waals surface area contributed by atoms with E-state index in [0.29, 0.717) is 12.4 Å². The van der Waals surface area contributed by atoms with Crippen LogP contribution in [0.2, 0.25) is 0 Å². The Hall–Kier alpha value is -1.94. The molecule has 0 aliphatic heterocycles. The van der Waals surface area contributed by atoms with Crippen LogP contribution in [0.4, 0.5) is 4.39 Å². The molecule has 1 aromatic carbocycles. The van der Waals surface area contributed by atoms with Gasteiger partial charge in [0.25, 0.3) is 0 Å². The van der Waals surface area contributed by atoms with E-state index in [1.54, 1.807) is 18.3 Å². The molecule has 0 unspecified atom stereocenters. The van der Waals surface area contributed by atoms with Gasteiger partial charge in [-0.05, 0) is 42.8 Å². The first-order chi connectivity index (χ1) is 9.78. The van der Waals surface area contributed by atoms with Crippen molar-refractivity contribution in [3.63, 3.8) is 0 Å². The van der Waals surface area contributed by atoms with Crippen LogP contribution in [-0.4, -0.2) is 11.5 Å². The Balaban J connectivity index is 1.82. The molecule has 4 heteroatoms. The van der Waals surface area contributed by atoms with Gasteiger partial charge in [0.05, 0.1) is 11.9 Å². The van der Waals surface area contributed by atoms with Crippen LogP contribution >= 0.6 is 0 Å². The number of benzene rings is 1. The van der Waals surface area contributed by atoms with Gasteiger partial charge in [0, 0.05) is 6.54 Å². The van der Waals surface area contributed by atoms with Gasteiger partial charge in [0.2, 0.25) is 0 Å². The van der Waals surface area contributed by atoms with Crippen LogP contribution in [-0.2, 0) is 13.2 Å². The van der Waals surface area contributed by atoms with Gasteiger partial charge in [-0.1, -0.05) is 19.1 Å². The van der Waals surface area contributed by atoms with E-state index in [2.05, 4.69) is 17.2 Å². The van der Waals surface area contributed by atoms with E-state index in [1.807, 2.05) is 12.1 Å². The molecule has 0 bridgehead atoms. The molecule has 1 aromatic heterocycles. The highest BCUT2D eigenvalue weighted by Crippen LogP contribution is 2.12. The Bertz CT molecular complexity index is 511. The Labute approximate surface area is 118 Å². The van der Waals surface area contributed by atoms with Gasteiger partial charge in [-0.25, -0.2) is 4.39 Å². The summed E-state index contributed by atoms with van der Waals surface area (Å²) in [6.07, 6.45) is 2.82. The van der Waals surface area contributed by atoms with E-state index in [1.165, 1.54) is 12.1 Å². The molecule has 0 fully saturated rings. The second-order valence-corrected chi connectivity index (χ2v) is 4.58. The zero-order valence-corrected chi connectivity index (χ0v) is 11.6. The molecule has 0 aliphatic rings. The lowest BCUT2D eigenvalue weighted by Gasteiger charge is -2.07. The van der Waals surface area contributed by atoms with Crippen LogP contribution < -0.4 is 10.1 Å². The molecule has 1 heterocycles. The van der Waals surface area contributed by atoms with E-state index >= 15 is 0 Å². The summed E-state index contributed by atoms with van der Waals surface area (Å²) in [5.41, 5.74) is 1.92. The highest BCUT2D eigenvalue weighted by atomic mass is 19.1. The Morgan fingerprint density at radius 1 is 1.15 bits per heavy atom. The molecule has 0 saturated carbocycles. The number of nitrogens with one attached hydrogen (secondary N) is 1. The smallest absolute Gasteiger partial charge is 0.138 e. The van der Waals surface area contributed by atoms with Crippen LogP contribution in [0.5, 0.6) is 5.75 Å². The van der Waals surface area contributed by atoms with Crippen LogP contribution in [0.25, 0.3) is 0 Å². The average Bonchev–Trinajstić information content (AvgIpc) is 2.48. The van der Waals surface area contributed by atoms with Crippen LogP contribution in [0, 0.1) is 5.82 Å². The maximum absolute atomic E-state index is 12.8. The molecule has 2 rings (SSSR count). The molecule has 1 N–H and O–H groups in total.